The summed E-state index contributed by atoms with van der Waals surface area (Å²) in [5.41, 5.74) is 5.87. The van der Waals surface area contributed by atoms with E-state index in [-0.39, 0.29) is 11.0 Å². The number of aromatic nitrogens is 1. The van der Waals surface area contributed by atoms with E-state index in [9.17, 15) is 4.39 Å². The van der Waals surface area contributed by atoms with E-state index < -0.39 is 0 Å². The third-order valence-corrected chi connectivity index (χ3v) is 2.14. The molecule has 0 radical (unpaired) electrons. The smallest absolute Gasteiger partial charge is 0.137 e. The van der Waals surface area contributed by atoms with Gasteiger partial charge in [-0.25, -0.2) is 9.37 Å². The molecule has 2 rings (SSSR count). The zero-order chi connectivity index (χ0) is 9.42. The van der Waals surface area contributed by atoms with Gasteiger partial charge in [0.25, 0.3) is 0 Å². The summed E-state index contributed by atoms with van der Waals surface area (Å²) in [5.74, 6) is -0.376. The molecule has 1 aromatic carbocycles. The third kappa shape index (κ3) is 1.21. The van der Waals surface area contributed by atoms with Gasteiger partial charge >= 0.3 is 0 Å². The summed E-state index contributed by atoms with van der Waals surface area (Å²) in [6.45, 7) is 0. The largest absolute Gasteiger partial charge is 0.397 e. The van der Waals surface area contributed by atoms with Gasteiger partial charge in [0.1, 0.15) is 11.0 Å². The van der Waals surface area contributed by atoms with Crippen molar-refractivity contribution in [3.05, 3.63) is 35.4 Å². The first-order valence-corrected chi connectivity index (χ1v) is 4.06. The lowest BCUT2D eigenvalue weighted by Crippen LogP contribution is -1.92. The monoisotopic (exact) mass is 196 g/mol. The molecule has 0 spiro atoms. The lowest BCUT2D eigenvalue weighted by Gasteiger charge is -2.03. The normalized spacial score (nSPS) is 10.6. The van der Waals surface area contributed by atoms with Crippen molar-refractivity contribution in [3.8, 4) is 0 Å². The molecule has 0 atom stereocenters. The second-order valence-corrected chi connectivity index (χ2v) is 3.02. The molecule has 66 valence electrons. The molecule has 2 aromatic rings. The number of anilines is 1. The van der Waals surface area contributed by atoms with Crippen LogP contribution in [0.15, 0.2) is 24.4 Å². The summed E-state index contributed by atoms with van der Waals surface area (Å²) in [6, 6.07) is 4.60. The first kappa shape index (κ1) is 8.26. The van der Waals surface area contributed by atoms with Gasteiger partial charge in [-0.3, -0.25) is 0 Å². The fraction of sp³-hybridized carbons (Fsp3) is 0. The predicted octanol–water partition coefficient (Wildman–Crippen LogP) is 2.61. The van der Waals surface area contributed by atoms with Crippen molar-refractivity contribution < 1.29 is 4.39 Å². The van der Waals surface area contributed by atoms with Crippen LogP contribution in [0.4, 0.5) is 10.1 Å². The Bertz CT molecular complexity index is 462. The van der Waals surface area contributed by atoms with Crippen LogP contribution in [0.3, 0.4) is 0 Å². The van der Waals surface area contributed by atoms with Crippen molar-refractivity contribution in [1.29, 1.82) is 0 Å². The van der Waals surface area contributed by atoms with Crippen molar-refractivity contribution >= 4 is 28.1 Å². The van der Waals surface area contributed by atoms with E-state index >= 15 is 0 Å². The fourth-order valence-electron chi connectivity index (χ4n) is 1.25. The Hall–Kier alpha value is -1.35. The maximum atomic E-state index is 13.3. The molecule has 0 aliphatic carbocycles. The average Bonchev–Trinajstić information content (AvgIpc) is 2.12. The van der Waals surface area contributed by atoms with Gasteiger partial charge in [-0.2, -0.15) is 0 Å². The van der Waals surface area contributed by atoms with Crippen LogP contribution in [0.1, 0.15) is 0 Å². The van der Waals surface area contributed by atoms with E-state index in [0.717, 1.165) is 0 Å². The molecule has 0 unspecified atom stereocenters. The number of nitrogens with two attached hydrogens (primary N) is 1. The number of rotatable bonds is 0. The highest BCUT2D eigenvalue weighted by atomic mass is 35.5. The first-order chi connectivity index (χ1) is 6.20. The Balaban J connectivity index is 3.00. The van der Waals surface area contributed by atoms with Crippen LogP contribution >= 0.6 is 11.6 Å². The van der Waals surface area contributed by atoms with Gasteiger partial charge in [0.2, 0.25) is 0 Å². The molecule has 2 nitrogen and oxygen atoms in total. The number of hydrogen-bond acceptors (Lipinski definition) is 2. The average molecular weight is 197 g/mol. The van der Waals surface area contributed by atoms with Crippen molar-refractivity contribution in [3.63, 3.8) is 0 Å². The molecule has 1 aromatic heterocycles. The van der Waals surface area contributed by atoms with E-state index in [1.165, 1.54) is 12.3 Å². The van der Waals surface area contributed by atoms with Gasteiger partial charge in [0, 0.05) is 10.8 Å². The van der Waals surface area contributed by atoms with Crippen LogP contribution in [0.25, 0.3) is 10.8 Å². The summed E-state index contributed by atoms with van der Waals surface area (Å²) in [4.78, 5) is 3.82. The van der Waals surface area contributed by atoms with Crippen molar-refractivity contribution in [2.75, 3.05) is 5.73 Å². The van der Waals surface area contributed by atoms with E-state index in [4.69, 9.17) is 17.3 Å². The fourth-order valence-corrected chi connectivity index (χ4v) is 1.46. The van der Waals surface area contributed by atoms with Crippen LogP contribution in [0.5, 0.6) is 0 Å². The number of hydrogen-bond donors (Lipinski definition) is 1. The lowest BCUT2D eigenvalue weighted by atomic mass is 10.1. The van der Waals surface area contributed by atoms with E-state index in [1.807, 2.05) is 0 Å². The van der Waals surface area contributed by atoms with Gasteiger partial charge in [0.05, 0.1) is 11.9 Å². The van der Waals surface area contributed by atoms with Gasteiger partial charge in [0.15, 0.2) is 0 Å². The molecule has 4 heteroatoms. The third-order valence-electron chi connectivity index (χ3n) is 1.84. The minimum Gasteiger partial charge on any atom is -0.397 e. The number of nitrogens with zero attached hydrogens (tertiary/aromatic N) is 1. The molecule has 1 heterocycles. The predicted molar refractivity (Wildman–Crippen MR) is 51.1 cm³/mol. The highest BCUT2D eigenvalue weighted by molar-refractivity contribution is 6.34. The van der Waals surface area contributed by atoms with E-state index in [0.29, 0.717) is 16.5 Å². The second-order valence-electron chi connectivity index (χ2n) is 2.67. The van der Waals surface area contributed by atoms with Crippen LogP contribution in [-0.4, -0.2) is 4.98 Å². The molecule has 0 aliphatic heterocycles. The van der Waals surface area contributed by atoms with Gasteiger partial charge < -0.3 is 5.73 Å². The van der Waals surface area contributed by atoms with Crippen LogP contribution in [0, 0.1) is 5.82 Å². The molecule has 2 N–H and O–H groups in total. The van der Waals surface area contributed by atoms with Crippen molar-refractivity contribution in [1.82, 2.24) is 4.98 Å². The Labute approximate surface area is 79.1 Å². The van der Waals surface area contributed by atoms with E-state index in [1.54, 1.807) is 12.1 Å². The van der Waals surface area contributed by atoms with Crippen molar-refractivity contribution in [2.45, 2.75) is 0 Å². The molecular formula is C9H6ClFN2. The highest BCUT2D eigenvalue weighted by Gasteiger charge is 2.07. The number of pyridine rings is 1. The zero-order valence-corrected chi connectivity index (χ0v) is 7.35. The SMILES string of the molecule is Nc1cnc(Cl)c2cccc(F)c12. The Morgan fingerprint density at radius 3 is 2.85 bits per heavy atom. The Kier molecular flexibility index (Phi) is 1.81. The zero-order valence-electron chi connectivity index (χ0n) is 6.59. The number of halogens is 2. The molecular weight excluding hydrogens is 191 g/mol. The van der Waals surface area contributed by atoms with Gasteiger partial charge in [-0.1, -0.05) is 23.7 Å². The highest BCUT2D eigenvalue weighted by Crippen LogP contribution is 2.27. The van der Waals surface area contributed by atoms with Crippen LogP contribution < -0.4 is 5.73 Å². The van der Waals surface area contributed by atoms with Crippen LogP contribution in [-0.2, 0) is 0 Å². The molecule has 0 bridgehead atoms. The molecule has 13 heavy (non-hydrogen) atoms. The number of fused-ring (bicyclic) bond motifs is 1. The lowest BCUT2D eigenvalue weighted by molar-refractivity contribution is 0.640. The quantitative estimate of drug-likeness (QED) is 0.658. The van der Waals surface area contributed by atoms with Gasteiger partial charge in [-0.05, 0) is 6.07 Å². The topological polar surface area (TPSA) is 38.9 Å². The minimum atomic E-state index is -0.376. The molecule has 0 amide bonds. The van der Waals surface area contributed by atoms with Crippen LogP contribution in [0.2, 0.25) is 5.15 Å². The summed E-state index contributed by atoms with van der Waals surface area (Å²) in [7, 11) is 0. The Morgan fingerprint density at radius 1 is 1.38 bits per heavy atom. The minimum absolute atomic E-state index is 0.267. The summed E-state index contributed by atoms with van der Waals surface area (Å²) in [6.07, 6.45) is 1.35. The van der Waals surface area contributed by atoms with E-state index in [2.05, 4.69) is 4.98 Å². The van der Waals surface area contributed by atoms with Gasteiger partial charge in [-0.15, -0.1) is 0 Å². The summed E-state index contributed by atoms with van der Waals surface area (Å²) in [5, 5.41) is 1.15. The molecule has 0 saturated carbocycles. The maximum Gasteiger partial charge on any atom is 0.137 e. The molecule has 0 saturated heterocycles. The van der Waals surface area contributed by atoms with Crippen molar-refractivity contribution in [2.24, 2.45) is 0 Å². The number of nitrogen functional groups attached to an aromatic ring is 1. The summed E-state index contributed by atoms with van der Waals surface area (Å²) < 4.78 is 13.3. The molecule has 0 fully saturated rings. The molecule has 0 aliphatic rings. The number of benzene rings is 1. The standard InChI is InChI=1S/C9H6ClFN2/c10-9-5-2-1-3-6(11)8(5)7(12)4-13-9/h1-4H,12H2. The summed E-state index contributed by atoms with van der Waals surface area (Å²) >= 11 is 5.77. The Morgan fingerprint density at radius 2 is 2.15 bits per heavy atom. The second kappa shape index (κ2) is 2.85. The maximum absolute atomic E-state index is 13.3. The first-order valence-electron chi connectivity index (χ1n) is 3.68.